The number of hydrogen-bond acceptors (Lipinski definition) is 3. The van der Waals surface area contributed by atoms with Gasteiger partial charge in [0, 0.05) is 11.5 Å². The number of aromatic nitrogens is 1. The van der Waals surface area contributed by atoms with Gasteiger partial charge >= 0.3 is 5.97 Å². The Balaban J connectivity index is 1.63. The van der Waals surface area contributed by atoms with Gasteiger partial charge in [0.15, 0.2) is 0 Å². The molecule has 3 aromatic carbocycles. The van der Waals surface area contributed by atoms with E-state index < -0.39 is 5.97 Å². The highest BCUT2D eigenvalue weighted by Gasteiger charge is 2.14. The first-order chi connectivity index (χ1) is 13.7. The first-order valence-electron chi connectivity index (χ1n) is 8.92. The van der Waals surface area contributed by atoms with Crippen LogP contribution >= 0.6 is 0 Å². The Morgan fingerprint density at radius 2 is 1.43 bits per heavy atom. The van der Waals surface area contributed by atoms with Gasteiger partial charge in [0.2, 0.25) is 0 Å². The summed E-state index contributed by atoms with van der Waals surface area (Å²) in [5.41, 5.74) is 2.83. The zero-order valence-corrected chi connectivity index (χ0v) is 15.1. The van der Waals surface area contributed by atoms with E-state index >= 15 is 0 Å². The standard InChI is InChI=1S/C23H19NO4/c25-23(26)20-12-18-11-19(27-14-16-7-3-1-4-8-16)13-21(22(18)24-20)28-15-17-9-5-2-6-10-17/h1-13,24H,14-15H2,(H,25,26). The molecule has 0 amide bonds. The molecule has 2 N–H and O–H groups in total. The van der Waals surface area contributed by atoms with Crippen LogP contribution in [0.5, 0.6) is 11.5 Å². The number of aromatic amines is 1. The van der Waals surface area contributed by atoms with Gasteiger partial charge in [-0.1, -0.05) is 60.7 Å². The van der Waals surface area contributed by atoms with Gasteiger partial charge in [-0.25, -0.2) is 4.79 Å². The Morgan fingerprint density at radius 1 is 0.821 bits per heavy atom. The van der Waals surface area contributed by atoms with Crippen LogP contribution < -0.4 is 9.47 Å². The number of fused-ring (bicyclic) bond motifs is 1. The van der Waals surface area contributed by atoms with Crippen molar-refractivity contribution in [1.82, 2.24) is 4.98 Å². The average Bonchev–Trinajstić information content (AvgIpc) is 3.17. The predicted molar refractivity (Wildman–Crippen MR) is 107 cm³/mol. The number of carboxylic acid groups (broad SMARTS) is 1. The number of hydrogen-bond donors (Lipinski definition) is 2. The quantitative estimate of drug-likeness (QED) is 0.477. The highest BCUT2D eigenvalue weighted by atomic mass is 16.5. The predicted octanol–water partition coefficient (Wildman–Crippen LogP) is 5.02. The van der Waals surface area contributed by atoms with Gasteiger partial charge in [-0.05, 0) is 23.3 Å². The minimum Gasteiger partial charge on any atom is -0.489 e. The smallest absolute Gasteiger partial charge is 0.352 e. The molecule has 0 radical (unpaired) electrons. The lowest BCUT2D eigenvalue weighted by Gasteiger charge is -2.11. The summed E-state index contributed by atoms with van der Waals surface area (Å²) in [4.78, 5) is 14.3. The monoisotopic (exact) mass is 373 g/mol. The zero-order valence-electron chi connectivity index (χ0n) is 15.1. The molecular weight excluding hydrogens is 354 g/mol. The molecule has 5 heteroatoms. The topological polar surface area (TPSA) is 71.6 Å². The van der Waals surface area contributed by atoms with Crippen LogP contribution in [0.25, 0.3) is 10.9 Å². The van der Waals surface area contributed by atoms with Crippen molar-refractivity contribution in [2.75, 3.05) is 0 Å². The van der Waals surface area contributed by atoms with Gasteiger partial charge in [0.05, 0.1) is 5.52 Å². The number of rotatable bonds is 7. The molecule has 5 nitrogen and oxygen atoms in total. The Labute approximate surface area is 162 Å². The molecule has 28 heavy (non-hydrogen) atoms. The van der Waals surface area contributed by atoms with Crippen molar-refractivity contribution in [2.24, 2.45) is 0 Å². The van der Waals surface area contributed by atoms with Crippen molar-refractivity contribution in [2.45, 2.75) is 13.2 Å². The van der Waals surface area contributed by atoms with E-state index in [1.165, 1.54) is 0 Å². The van der Waals surface area contributed by atoms with Crippen LogP contribution in [0.15, 0.2) is 78.9 Å². The third kappa shape index (κ3) is 3.99. The molecular formula is C23H19NO4. The summed E-state index contributed by atoms with van der Waals surface area (Å²) in [6.45, 7) is 0.792. The maximum absolute atomic E-state index is 11.4. The summed E-state index contributed by atoms with van der Waals surface area (Å²) in [7, 11) is 0. The maximum Gasteiger partial charge on any atom is 0.352 e. The lowest BCUT2D eigenvalue weighted by Crippen LogP contribution is -1.99. The van der Waals surface area contributed by atoms with Crippen LogP contribution in [0, 0.1) is 0 Å². The van der Waals surface area contributed by atoms with E-state index in [9.17, 15) is 9.90 Å². The molecule has 0 saturated heterocycles. The second-order valence-electron chi connectivity index (χ2n) is 6.42. The van der Waals surface area contributed by atoms with Crippen LogP contribution in [0.4, 0.5) is 0 Å². The molecule has 0 atom stereocenters. The Morgan fingerprint density at radius 3 is 2.04 bits per heavy atom. The zero-order chi connectivity index (χ0) is 19.3. The summed E-state index contributed by atoms with van der Waals surface area (Å²) in [6, 6.07) is 24.8. The average molecular weight is 373 g/mol. The van der Waals surface area contributed by atoms with Gasteiger partial charge in [0.25, 0.3) is 0 Å². The second kappa shape index (κ2) is 7.88. The van der Waals surface area contributed by atoms with Gasteiger partial charge in [0.1, 0.15) is 30.4 Å². The number of benzene rings is 3. The van der Waals surface area contributed by atoms with E-state index in [-0.39, 0.29) is 5.69 Å². The van der Waals surface area contributed by atoms with Crippen LogP contribution in [-0.4, -0.2) is 16.1 Å². The highest BCUT2D eigenvalue weighted by Crippen LogP contribution is 2.32. The largest absolute Gasteiger partial charge is 0.489 e. The molecule has 0 bridgehead atoms. The fourth-order valence-corrected chi connectivity index (χ4v) is 2.97. The van der Waals surface area contributed by atoms with E-state index in [0.29, 0.717) is 30.2 Å². The first-order valence-corrected chi connectivity index (χ1v) is 8.92. The lowest BCUT2D eigenvalue weighted by atomic mass is 10.2. The second-order valence-corrected chi connectivity index (χ2v) is 6.42. The van der Waals surface area contributed by atoms with E-state index in [2.05, 4.69) is 4.98 Å². The molecule has 4 aromatic rings. The molecule has 0 unspecified atom stereocenters. The van der Waals surface area contributed by atoms with Crippen molar-refractivity contribution < 1.29 is 19.4 Å². The number of H-pyrrole nitrogens is 1. The molecule has 0 saturated carbocycles. The summed E-state index contributed by atoms with van der Waals surface area (Å²) in [6.07, 6.45) is 0. The van der Waals surface area contributed by atoms with Crippen molar-refractivity contribution in [3.8, 4) is 11.5 Å². The Bertz CT molecular complexity index is 1090. The van der Waals surface area contributed by atoms with Crippen molar-refractivity contribution in [1.29, 1.82) is 0 Å². The van der Waals surface area contributed by atoms with E-state index in [4.69, 9.17) is 9.47 Å². The lowest BCUT2D eigenvalue weighted by molar-refractivity contribution is 0.0691. The summed E-state index contributed by atoms with van der Waals surface area (Å²) in [5, 5.41) is 10.0. The molecule has 0 fully saturated rings. The van der Waals surface area contributed by atoms with E-state index in [1.54, 1.807) is 12.1 Å². The number of ether oxygens (including phenoxy) is 2. The summed E-state index contributed by atoms with van der Waals surface area (Å²) < 4.78 is 11.9. The number of aromatic carboxylic acids is 1. The van der Waals surface area contributed by atoms with Gasteiger partial charge in [-0.15, -0.1) is 0 Å². The molecule has 4 rings (SSSR count). The van der Waals surface area contributed by atoms with Crippen LogP contribution in [0.1, 0.15) is 21.6 Å². The number of nitrogens with one attached hydrogen (secondary N) is 1. The van der Waals surface area contributed by atoms with Crippen molar-refractivity contribution >= 4 is 16.9 Å². The van der Waals surface area contributed by atoms with Crippen LogP contribution in [0.2, 0.25) is 0 Å². The van der Waals surface area contributed by atoms with Crippen molar-refractivity contribution in [3.63, 3.8) is 0 Å². The summed E-state index contributed by atoms with van der Waals surface area (Å²) >= 11 is 0. The summed E-state index contributed by atoms with van der Waals surface area (Å²) in [5.74, 6) is 0.157. The number of carboxylic acids is 1. The number of carbonyl (C=O) groups is 1. The van der Waals surface area contributed by atoms with Crippen LogP contribution in [-0.2, 0) is 13.2 Å². The molecule has 1 heterocycles. The fraction of sp³-hybridized carbons (Fsp3) is 0.0870. The fourth-order valence-electron chi connectivity index (χ4n) is 2.97. The first kappa shape index (κ1) is 17.7. The third-order valence-corrected chi connectivity index (χ3v) is 4.38. The van der Waals surface area contributed by atoms with Crippen LogP contribution in [0.3, 0.4) is 0 Å². The SMILES string of the molecule is O=C(O)c1cc2cc(OCc3ccccc3)cc(OCc3ccccc3)c2[nH]1. The molecule has 0 aliphatic heterocycles. The minimum atomic E-state index is -1.02. The van der Waals surface area contributed by atoms with E-state index in [1.807, 2.05) is 66.7 Å². The van der Waals surface area contributed by atoms with Gasteiger partial charge < -0.3 is 19.6 Å². The van der Waals surface area contributed by atoms with E-state index in [0.717, 1.165) is 16.5 Å². The highest BCUT2D eigenvalue weighted by molar-refractivity contribution is 5.96. The Hall–Kier alpha value is -3.73. The molecule has 0 aliphatic rings. The van der Waals surface area contributed by atoms with Crippen molar-refractivity contribution in [3.05, 3.63) is 95.7 Å². The molecule has 1 aromatic heterocycles. The molecule has 140 valence electrons. The normalized spacial score (nSPS) is 10.7. The van der Waals surface area contributed by atoms with Gasteiger partial charge in [-0.2, -0.15) is 0 Å². The minimum absolute atomic E-state index is 0.111. The molecule has 0 spiro atoms. The third-order valence-electron chi connectivity index (χ3n) is 4.38. The molecule has 0 aliphatic carbocycles. The van der Waals surface area contributed by atoms with Gasteiger partial charge in [-0.3, -0.25) is 0 Å². The Kier molecular flexibility index (Phi) is 4.97. The maximum atomic E-state index is 11.4.